The second kappa shape index (κ2) is 11.7. The van der Waals surface area contributed by atoms with Crippen LogP contribution in [0.4, 0.5) is 9.59 Å². The predicted octanol–water partition coefficient (Wildman–Crippen LogP) is 4.59. The quantitative estimate of drug-likeness (QED) is 0.157. The maximum absolute atomic E-state index is 12.7. The highest BCUT2D eigenvalue weighted by molar-refractivity contribution is 6.07. The second-order valence-corrected chi connectivity index (χ2v) is 12.7. The Morgan fingerprint density at radius 2 is 1.33 bits per heavy atom. The number of hydrogen-bond acceptors (Lipinski definition) is 10. The van der Waals surface area contributed by atoms with E-state index in [9.17, 15) is 24.0 Å². The van der Waals surface area contributed by atoms with E-state index in [4.69, 9.17) is 24.1 Å². The number of carbonyl (C=O) groups excluding carboxylic acids is 5. The summed E-state index contributed by atoms with van der Waals surface area (Å²) in [6, 6.07) is -0.702. The lowest BCUT2D eigenvalue weighted by molar-refractivity contribution is -0.152. The first-order chi connectivity index (χ1) is 20.0. The fourth-order valence-electron chi connectivity index (χ4n) is 5.33. The fraction of sp³-hybridized carbons (Fsp3) is 0.516. The first kappa shape index (κ1) is 31.6. The van der Waals surface area contributed by atoms with Crippen LogP contribution in [0.2, 0.25) is 0 Å². The minimum Gasteiger partial charge on any atom is -0.515 e. The number of rotatable bonds is 2. The molecule has 12 heteroatoms. The number of amides is 4. The SMILES string of the molecule is CC(C)(C)OC(=O)N1C(=O)/C(=C\O)C2CC=CC21.CC1=CC(O/C=C2/C(=O)N(C(=O)OC(C)(C)C)C3C=CCC23)OC1=O. The average molecular weight is 599 g/mol. The van der Waals surface area contributed by atoms with Gasteiger partial charge >= 0.3 is 18.2 Å². The van der Waals surface area contributed by atoms with Crippen molar-refractivity contribution < 1.29 is 48.0 Å². The first-order valence-corrected chi connectivity index (χ1v) is 14.1. The maximum Gasteiger partial charge on any atom is 0.417 e. The highest BCUT2D eigenvalue weighted by Gasteiger charge is 2.50. The number of fused-ring (bicyclic) bond motifs is 2. The predicted molar refractivity (Wildman–Crippen MR) is 152 cm³/mol. The van der Waals surface area contributed by atoms with Crippen molar-refractivity contribution in [2.45, 2.75) is 90.9 Å². The Kier molecular flexibility index (Phi) is 8.62. The molecule has 3 heterocycles. The van der Waals surface area contributed by atoms with Crippen LogP contribution in [0.5, 0.6) is 0 Å². The largest absolute Gasteiger partial charge is 0.515 e. The van der Waals surface area contributed by atoms with E-state index in [-0.39, 0.29) is 29.5 Å². The van der Waals surface area contributed by atoms with Crippen molar-refractivity contribution in [3.8, 4) is 0 Å². The number of hydrogen-bond donors (Lipinski definition) is 1. The Labute approximate surface area is 250 Å². The van der Waals surface area contributed by atoms with Gasteiger partial charge in [-0.25, -0.2) is 24.2 Å². The molecule has 2 aliphatic carbocycles. The van der Waals surface area contributed by atoms with Crippen molar-refractivity contribution in [2.24, 2.45) is 11.8 Å². The molecule has 0 saturated carbocycles. The number of imide groups is 2. The summed E-state index contributed by atoms with van der Waals surface area (Å²) < 4.78 is 21.0. The minimum atomic E-state index is -0.851. The van der Waals surface area contributed by atoms with Gasteiger partial charge in [0.2, 0.25) is 0 Å². The van der Waals surface area contributed by atoms with Gasteiger partial charge in [0.25, 0.3) is 18.1 Å². The van der Waals surface area contributed by atoms with E-state index in [1.165, 1.54) is 12.3 Å². The Balaban J connectivity index is 0.000000208. The first-order valence-electron chi connectivity index (χ1n) is 14.1. The molecule has 232 valence electrons. The van der Waals surface area contributed by atoms with Crippen LogP contribution in [0.15, 0.2) is 59.6 Å². The van der Waals surface area contributed by atoms with Gasteiger partial charge in [0.1, 0.15) is 11.2 Å². The third-order valence-electron chi connectivity index (χ3n) is 7.18. The molecule has 5 atom stereocenters. The zero-order valence-electron chi connectivity index (χ0n) is 25.4. The summed E-state index contributed by atoms with van der Waals surface area (Å²) in [5, 5.41) is 9.13. The van der Waals surface area contributed by atoms with Crippen molar-refractivity contribution in [3.63, 3.8) is 0 Å². The summed E-state index contributed by atoms with van der Waals surface area (Å²) in [6.45, 7) is 12.1. The van der Waals surface area contributed by atoms with Crippen LogP contribution in [0, 0.1) is 11.8 Å². The van der Waals surface area contributed by atoms with E-state index in [1.54, 1.807) is 48.5 Å². The van der Waals surface area contributed by atoms with Crippen molar-refractivity contribution in [1.29, 1.82) is 0 Å². The van der Waals surface area contributed by atoms with Crippen LogP contribution in [-0.2, 0) is 33.3 Å². The molecule has 5 aliphatic rings. The van der Waals surface area contributed by atoms with E-state index in [0.717, 1.165) is 16.1 Å². The van der Waals surface area contributed by atoms with E-state index in [0.29, 0.717) is 24.0 Å². The standard InChI is InChI=1S/C18H21NO6.C13H17NO4/c1-10-8-14(24-16(10)21)23-9-12-11-6-5-7-13(11)19(15(12)20)17(22)25-18(2,3)4;1-13(2,3)18-12(17)14-10-6-4-5-8(10)9(7-15)11(14)16/h5,7-9,11,13-14H,6H2,1-4H3;4,6-8,10,15H,5H2,1-3H3/b12-9+;9-7-. The smallest absolute Gasteiger partial charge is 0.417 e. The molecule has 3 aliphatic heterocycles. The molecule has 0 radical (unpaired) electrons. The molecule has 5 rings (SSSR count). The summed E-state index contributed by atoms with van der Waals surface area (Å²) in [5.74, 6) is -1.68. The lowest BCUT2D eigenvalue weighted by atomic mass is 9.98. The number of likely N-dealkylation sites (tertiary alicyclic amines) is 2. The van der Waals surface area contributed by atoms with E-state index in [1.807, 2.05) is 24.3 Å². The molecule has 0 bridgehead atoms. The number of aliphatic hydroxyl groups excluding tert-OH is 1. The van der Waals surface area contributed by atoms with Gasteiger partial charge in [-0.2, -0.15) is 0 Å². The van der Waals surface area contributed by atoms with Gasteiger partial charge < -0.3 is 24.1 Å². The van der Waals surface area contributed by atoms with Crippen LogP contribution < -0.4 is 0 Å². The zero-order chi connectivity index (χ0) is 31.9. The molecular formula is C31H38N2O10. The van der Waals surface area contributed by atoms with Crippen LogP contribution in [0.3, 0.4) is 0 Å². The molecule has 2 saturated heterocycles. The maximum atomic E-state index is 12.7. The summed E-state index contributed by atoms with van der Waals surface area (Å²) in [7, 11) is 0. The third-order valence-corrected chi connectivity index (χ3v) is 7.18. The summed E-state index contributed by atoms with van der Waals surface area (Å²) in [4.78, 5) is 62.7. The number of ether oxygens (including phenoxy) is 4. The van der Waals surface area contributed by atoms with Gasteiger partial charge in [-0.15, -0.1) is 0 Å². The molecule has 0 aromatic carbocycles. The molecule has 43 heavy (non-hydrogen) atoms. The van der Waals surface area contributed by atoms with Gasteiger partial charge in [0.15, 0.2) is 0 Å². The number of esters is 1. The Hall–Kier alpha value is -4.35. The van der Waals surface area contributed by atoms with Crippen molar-refractivity contribution in [1.82, 2.24) is 9.80 Å². The summed E-state index contributed by atoms with van der Waals surface area (Å²) in [5.41, 5.74) is -0.248. The highest BCUT2D eigenvalue weighted by Crippen LogP contribution is 2.40. The monoisotopic (exact) mass is 598 g/mol. The van der Waals surface area contributed by atoms with Gasteiger partial charge in [0.05, 0.1) is 35.8 Å². The molecule has 4 amide bonds. The third kappa shape index (κ3) is 6.68. The summed E-state index contributed by atoms with van der Waals surface area (Å²) >= 11 is 0. The molecular weight excluding hydrogens is 560 g/mol. The fourth-order valence-corrected chi connectivity index (χ4v) is 5.33. The molecule has 0 aromatic heterocycles. The van der Waals surface area contributed by atoms with Gasteiger partial charge in [-0.05, 0) is 61.3 Å². The van der Waals surface area contributed by atoms with Gasteiger partial charge in [0, 0.05) is 23.5 Å². The molecule has 0 aromatic rings. The lowest BCUT2D eigenvalue weighted by Gasteiger charge is -2.25. The number of nitrogens with zero attached hydrogens (tertiary/aromatic N) is 2. The number of allylic oxidation sites excluding steroid dienone is 2. The van der Waals surface area contributed by atoms with Crippen LogP contribution in [-0.4, -0.2) is 74.5 Å². The molecule has 5 unspecified atom stereocenters. The summed E-state index contributed by atoms with van der Waals surface area (Å²) in [6.07, 6.45) is 10.2. The van der Waals surface area contributed by atoms with Gasteiger partial charge in [-0.3, -0.25) is 9.59 Å². The Bertz CT molecular complexity index is 1360. The van der Waals surface area contributed by atoms with Gasteiger partial charge in [-0.1, -0.05) is 24.3 Å². The topological polar surface area (TPSA) is 149 Å². The van der Waals surface area contributed by atoms with Crippen LogP contribution >= 0.6 is 0 Å². The lowest BCUT2D eigenvalue weighted by Crippen LogP contribution is -2.42. The van der Waals surface area contributed by atoms with E-state index >= 15 is 0 Å². The van der Waals surface area contributed by atoms with E-state index in [2.05, 4.69) is 0 Å². The highest BCUT2D eigenvalue weighted by atomic mass is 16.7. The normalized spacial score (nSPS) is 29.4. The molecule has 12 nitrogen and oxygen atoms in total. The second-order valence-electron chi connectivity index (χ2n) is 12.7. The molecule has 2 fully saturated rings. The zero-order valence-corrected chi connectivity index (χ0v) is 25.4. The molecule has 1 N–H and O–H groups in total. The van der Waals surface area contributed by atoms with E-state index < -0.39 is 47.5 Å². The van der Waals surface area contributed by atoms with Crippen molar-refractivity contribution >= 4 is 30.0 Å². The number of carbonyl (C=O) groups is 5. The Morgan fingerprint density at radius 3 is 1.74 bits per heavy atom. The average Bonchev–Trinajstić information content (AvgIpc) is 3.66. The van der Waals surface area contributed by atoms with Crippen molar-refractivity contribution in [2.75, 3.05) is 0 Å². The molecule has 0 spiro atoms. The van der Waals surface area contributed by atoms with Crippen LogP contribution in [0.25, 0.3) is 0 Å². The minimum absolute atomic E-state index is 0.144. The van der Waals surface area contributed by atoms with Crippen molar-refractivity contribution in [3.05, 3.63) is 59.6 Å². The number of cyclic esters (lactones) is 1. The Morgan fingerprint density at radius 1 is 0.860 bits per heavy atom. The number of aliphatic hydroxyl groups is 1. The van der Waals surface area contributed by atoms with Crippen LogP contribution in [0.1, 0.15) is 61.3 Å².